The molecule has 0 spiro atoms. The van der Waals surface area contributed by atoms with Gasteiger partial charge in [-0.15, -0.1) is 0 Å². The predicted octanol–water partition coefficient (Wildman–Crippen LogP) is 3.45. The quantitative estimate of drug-likeness (QED) is 0.557. The number of esters is 1. The number of carbonyl (C=O) groups excluding carboxylic acids is 2. The Hall–Kier alpha value is -3.30. The fourth-order valence-corrected chi connectivity index (χ4v) is 5.64. The van der Waals surface area contributed by atoms with E-state index in [1.807, 2.05) is 12.1 Å². The molecule has 1 saturated heterocycles. The highest BCUT2D eigenvalue weighted by atomic mass is 32.2. The summed E-state index contributed by atoms with van der Waals surface area (Å²) in [5.41, 5.74) is 1.35. The lowest BCUT2D eigenvalue weighted by Crippen LogP contribution is -2.43. The van der Waals surface area contributed by atoms with Crippen LogP contribution in [0.15, 0.2) is 65.7 Å². The molecule has 3 aromatic rings. The minimum atomic E-state index is -3.81. The van der Waals surface area contributed by atoms with Gasteiger partial charge in [0.1, 0.15) is 4.90 Å². The van der Waals surface area contributed by atoms with E-state index in [1.54, 1.807) is 55.6 Å². The highest BCUT2D eigenvalue weighted by Gasteiger charge is 2.34. The highest BCUT2D eigenvalue weighted by molar-refractivity contribution is 7.89. The Balaban J connectivity index is 1.48. The molecule has 2 aromatic carbocycles. The van der Waals surface area contributed by atoms with Gasteiger partial charge in [0.05, 0.1) is 23.6 Å². The molecule has 0 aliphatic carbocycles. The number of pyridine rings is 1. The maximum Gasteiger partial charge on any atom is 0.338 e. The average molecular weight is 468 g/mol. The second-order valence-electron chi connectivity index (χ2n) is 7.82. The van der Waals surface area contributed by atoms with E-state index < -0.39 is 21.9 Å². The van der Waals surface area contributed by atoms with Gasteiger partial charge in [-0.25, -0.2) is 13.2 Å². The molecule has 1 aromatic heterocycles. The Bertz CT molecular complexity index is 1270. The van der Waals surface area contributed by atoms with Crippen LogP contribution in [0.2, 0.25) is 0 Å². The lowest BCUT2D eigenvalue weighted by Gasteiger charge is -2.31. The fourth-order valence-electron chi connectivity index (χ4n) is 3.95. The fraction of sp³-hybridized carbons (Fsp3) is 0.292. The van der Waals surface area contributed by atoms with E-state index >= 15 is 0 Å². The molecule has 9 heteroatoms. The van der Waals surface area contributed by atoms with E-state index in [0.717, 1.165) is 5.39 Å². The van der Waals surface area contributed by atoms with Gasteiger partial charge < -0.3 is 10.1 Å². The maximum atomic E-state index is 13.4. The number of nitrogens with zero attached hydrogens (tertiary/aromatic N) is 2. The first kappa shape index (κ1) is 22.9. The minimum Gasteiger partial charge on any atom is -0.462 e. The number of carbonyl (C=O) groups is 2. The lowest BCUT2D eigenvalue weighted by atomic mass is 9.98. The molecule has 4 rings (SSSR count). The van der Waals surface area contributed by atoms with Gasteiger partial charge in [-0.3, -0.25) is 9.78 Å². The van der Waals surface area contributed by atoms with Crippen molar-refractivity contribution in [1.82, 2.24) is 9.29 Å². The van der Waals surface area contributed by atoms with Crippen molar-refractivity contribution in [3.63, 3.8) is 0 Å². The summed E-state index contributed by atoms with van der Waals surface area (Å²) in [6.07, 6.45) is 2.74. The Morgan fingerprint density at radius 3 is 2.64 bits per heavy atom. The van der Waals surface area contributed by atoms with Gasteiger partial charge in [-0.2, -0.15) is 4.31 Å². The van der Waals surface area contributed by atoms with Gasteiger partial charge in [0.15, 0.2) is 0 Å². The summed E-state index contributed by atoms with van der Waals surface area (Å²) in [5, 5.41) is 3.57. The first-order valence-electron chi connectivity index (χ1n) is 10.8. The van der Waals surface area contributed by atoms with Crippen molar-refractivity contribution in [3.05, 3.63) is 66.4 Å². The summed E-state index contributed by atoms with van der Waals surface area (Å²) < 4.78 is 33.1. The van der Waals surface area contributed by atoms with E-state index in [-0.39, 0.29) is 24.0 Å². The number of aromatic nitrogens is 1. The standard InChI is InChI=1S/C24H25N3O5S/c1-2-32-24(29)18-10-12-20(13-11-18)26-23(28)19-8-5-15-27(16-19)33(30,31)21-9-3-6-17-7-4-14-25-22(17)21/h3-4,6-7,9-14,19H,2,5,8,15-16H2,1H3,(H,26,28). The van der Waals surface area contributed by atoms with Crippen LogP contribution in [0.25, 0.3) is 10.9 Å². The van der Waals surface area contributed by atoms with Gasteiger partial charge in [-0.05, 0) is 56.2 Å². The van der Waals surface area contributed by atoms with Crippen LogP contribution < -0.4 is 5.32 Å². The summed E-state index contributed by atoms with van der Waals surface area (Å²) in [5.74, 6) is -1.16. The van der Waals surface area contributed by atoms with E-state index in [9.17, 15) is 18.0 Å². The number of anilines is 1. The zero-order valence-electron chi connectivity index (χ0n) is 18.2. The molecule has 1 N–H and O–H groups in total. The third kappa shape index (κ3) is 4.89. The molecule has 0 saturated carbocycles. The lowest BCUT2D eigenvalue weighted by molar-refractivity contribution is -0.120. The number of amides is 1. The van der Waals surface area contributed by atoms with Crippen LogP contribution >= 0.6 is 0 Å². The van der Waals surface area contributed by atoms with Crippen LogP contribution in [0.4, 0.5) is 5.69 Å². The zero-order chi connectivity index (χ0) is 23.4. The Kier molecular flexibility index (Phi) is 6.71. The van der Waals surface area contributed by atoms with Crippen molar-refractivity contribution in [2.75, 3.05) is 25.0 Å². The molecule has 1 amide bonds. The number of ether oxygens (including phenoxy) is 1. The second-order valence-corrected chi connectivity index (χ2v) is 9.73. The first-order valence-corrected chi connectivity index (χ1v) is 12.3. The molecular weight excluding hydrogens is 442 g/mol. The summed E-state index contributed by atoms with van der Waals surface area (Å²) in [7, 11) is -3.81. The van der Waals surface area contributed by atoms with E-state index in [2.05, 4.69) is 10.3 Å². The van der Waals surface area contributed by atoms with E-state index in [1.165, 1.54) is 4.31 Å². The summed E-state index contributed by atoms with van der Waals surface area (Å²) in [6.45, 7) is 2.46. The molecule has 1 atom stereocenters. The van der Waals surface area contributed by atoms with Crippen molar-refractivity contribution in [1.29, 1.82) is 0 Å². The molecule has 8 nitrogen and oxygen atoms in total. The third-order valence-electron chi connectivity index (χ3n) is 5.63. The third-order valence-corrected chi connectivity index (χ3v) is 7.53. The number of hydrogen-bond acceptors (Lipinski definition) is 6. The summed E-state index contributed by atoms with van der Waals surface area (Å²) in [6, 6.07) is 15.1. The topological polar surface area (TPSA) is 106 Å². The van der Waals surface area contributed by atoms with Crippen molar-refractivity contribution in [2.24, 2.45) is 5.92 Å². The zero-order valence-corrected chi connectivity index (χ0v) is 19.0. The summed E-state index contributed by atoms with van der Waals surface area (Å²) >= 11 is 0. The second kappa shape index (κ2) is 9.68. The molecule has 33 heavy (non-hydrogen) atoms. The molecule has 1 fully saturated rings. The number of piperidine rings is 1. The van der Waals surface area contributed by atoms with Gasteiger partial charge in [0.2, 0.25) is 15.9 Å². The number of sulfonamides is 1. The minimum absolute atomic E-state index is 0.0955. The van der Waals surface area contributed by atoms with Crippen LogP contribution in [-0.2, 0) is 19.6 Å². The van der Waals surface area contributed by atoms with Gasteiger partial charge in [0.25, 0.3) is 0 Å². The number of nitrogens with one attached hydrogen (secondary N) is 1. The van der Waals surface area contributed by atoms with E-state index in [4.69, 9.17) is 4.74 Å². The molecule has 172 valence electrons. The number of hydrogen-bond donors (Lipinski definition) is 1. The molecular formula is C24H25N3O5S. The molecule has 0 radical (unpaired) electrons. The van der Waals surface area contributed by atoms with Gasteiger partial charge in [-0.1, -0.05) is 18.2 Å². The van der Waals surface area contributed by atoms with Crippen molar-refractivity contribution in [3.8, 4) is 0 Å². The number of benzene rings is 2. The van der Waals surface area contributed by atoms with Crippen LogP contribution in [0, 0.1) is 5.92 Å². The number of para-hydroxylation sites is 1. The molecule has 2 heterocycles. The van der Waals surface area contributed by atoms with Gasteiger partial charge in [0, 0.05) is 30.4 Å². The Morgan fingerprint density at radius 2 is 1.88 bits per heavy atom. The number of rotatable bonds is 6. The van der Waals surface area contributed by atoms with Crippen LogP contribution in [0.1, 0.15) is 30.1 Å². The maximum absolute atomic E-state index is 13.4. The van der Waals surface area contributed by atoms with Crippen LogP contribution in [-0.4, -0.2) is 49.3 Å². The normalized spacial score (nSPS) is 16.9. The molecule has 0 bridgehead atoms. The largest absolute Gasteiger partial charge is 0.462 e. The Morgan fingerprint density at radius 1 is 1.12 bits per heavy atom. The predicted molar refractivity (Wildman–Crippen MR) is 124 cm³/mol. The first-order chi connectivity index (χ1) is 15.9. The highest BCUT2D eigenvalue weighted by Crippen LogP contribution is 2.28. The van der Waals surface area contributed by atoms with Crippen molar-refractivity contribution < 1.29 is 22.7 Å². The molecule has 1 unspecified atom stereocenters. The SMILES string of the molecule is CCOC(=O)c1ccc(NC(=O)C2CCCN(S(=O)(=O)c3cccc4cccnc34)C2)cc1. The average Bonchev–Trinajstić information content (AvgIpc) is 2.84. The molecule has 1 aliphatic heterocycles. The number of fused-ring (bicyclic) bond motifs is 1. The van der Waals surface area contributed by atoms with Crippen molar-refractivity contribution in [2.45, 2.75) is 24.7 Å². The van der Waals surface area contributed by atoms with E-state index in [0.29, 0.717) is 36.2 Å². The van der Waals surface area contributed by atoms with Crippen LogP contribution in [0.5, 0.6) is 0 Å². The Labute approximate surface area is 192 Å². The summed E-state index contributed by atoms with van der Waals surface area (Å²) in [4.78, 5) is 29.1. The van der Waals surface area contributed by atoms with Gasteiger partial charge >= 0.3 is 5.97 Å². The van der Waals surface area contributed by atoms with Crippen LogP contribution in [0.3, 0.4) is 0 Å². The molecule has 1 aliphatic rings. The monoisotopic (exact) mass is 467 g/mol. The van der Waals surface area contributed by atoms with Crippen molar-refractivity contribution >= 4 is 38.5 Å². The smallest absolute Gasteiger partial charge is 0.338 e.